The number of carboxylic acids is 2. The predicted octanol–water partition coefficient (Wildman–Crippen LogP) is 1.95. The summed E-state index contributed by atoms with van der Waals surface area (Å²) < 4.78 is 0. The zero-order chi connectivity index (χ0) is 11.6. The van der Waals surface area contributed by atoms with Gasteiger partial charge in [-0.15, -0.1) is 0 Å². The fraction of sp³-hybridized carbons (Fsp3) is 0.273. The molecule has 0 radical (unpaired) electrons. The van der Waals surface area contributed by atoms with Crippen LogP contribution in [-0.2, 0) is 6.42 Å². The van der Waals surface area contributed by atoms with Gasteiger partial charge in [-0.25, -0.2) is 9.59 Å². The maximum atomic E-state index is 11.0. The molecule has 0 unspecified atom stereocenters. The van der Waals surface area contributed by atoms with E-state index in [4.69, 9.17) is 10.2 Å². The molecule has 15 heavy (non-hydrogen) atoms. The van der Waals surface area contributed by atoms with Gasteiger partial charge in [-0.1, -0.05) is 13.0 Å². The zero-order valence-corrected chi connectivity index (χ0v) is 8.57. The highest BCUT2D eigenvalue weighted by molar-refractivity contribution is 5.97. The van der Waals surface area contributed by atoms with Crippen LogP contribution in [0.25, 0.3) is 0 Å². The topological polar surface area (TPSA) is 74.6 Å². The van der Waals surface area contributed by atoms with E-state index in [-0.39, 0.29) is 11.1 Å². The van der Waals surface area contributed by atoms with Crippen molar-refractivity contribution in [1.29, 1.82) is 0 Å². The summed E-state index contributed by atoms with van der Waals surface area (Å²) in [6.07, 6.45) is 0.572. The molecule has 4 heteroatoms. The Hall–Kier alpha value is -1.84. The number of rotatable bonds is 3. The van der Waals surface area contributed by atoms with Gasteiger partial charge in [-0.05, 0) is 30.5 Å². The number of benzene rings is 1. The minimum atomic E-state index is -1.10. The zero-order valence-electron chi connectivity index (χ0n) is 8.57. The van der Waals surface area contributed by atoms with E-state index in [0.717, 1.165) is 0 Å². The van der Waals surface area contributed by atoms with Crippen molar-refractivity contribution in [1.82, 2.24) is 0 Å². The first-order valence-corrected chi connectivity index (χ1v) is 4.58. The lowest BCUT2D eigenvalue weighted by molar-refractivity contribution is 0.0695. The molecule has 0 aliphatic rings. The van der Waals surface area contributed by atoms with Crippen LogP contribution in [0, 0.1) is 6.92 Å². The molecule has 0 atom stereocenters. The van der Waals surface area contributed by atoms with E-state index in [1.165, 1.54) is 13.0 Å². The van der Waals surface area contributed by atoms with Gasteiger partial charge in [-0.3, -0.25) is 0 Å². The average Bonchev–Trinajstić information content (AvgIpc) is 2.15. The largest absolute Gasteiger partial charge is 0.478 e. The van der Waals surface area contributed by atoms with E-state index in [1.54, 1.807) is 6.07 Å². The summed E-state index contributed by atoms with van der Waals surface area (Å²) in [4.78, 5) is 21.8. The summed E-state index contributed by atoms with van der Waals surface area (Å²) in [5.74, 6) is -2.18. The van der Waals surface area contributed by atoms with Gasteiger partial charge in [0.1, 0.15) is 0 Å². The average molecular weight is 208 g/mol. The molecular weight excluding hydrogens is 196 g/mol. The standard InChI is InChI=1S/C11H12O4/c1-3-7-4-5-8(10(12)13)6(2)9(7)11(14)15/h4-5H,3H2,1-2H3,(H,12,13)(H,14,15). The molecule has 1 aromatic carbocycles. The minimum Gasteiger partial charge on any atom is -0.478 e. The molecule has 0 aliphatic carbocycles. The third kappa shape index (κ3) is 1.98. The first kappa shape index (κ1) is 11.2. The van der Waals surface area contributed by atoms with E-state index >= 15 is 0 Å². The van der Waals surface area contributed by atoms with Crippen LogP contribution in [0.2, 0.25) is 0 Å². The summed E-state index contributed by atoms with van der Waals surface area (Å²) in [6, 6.07) is 3.00. The van der Waals surface area contributed by atoms with Gasteiger partial charge in [0, 0.05) is 0 Å². The van der Waals surface area contributed by atoms with Gasteiger partial charge in [-0.2, -0.15) is 0 Å². The van der Waals surface area contributed by atoms with Gasteiger partial charge < -0.3 is 10.2 Å². The number of aromatic carboxylic acids is 2. The smallest absolute Gasteiger partial charge is 0.336 e. The Labute approximate surface area is 87.2 Å². The Morgan fingerprint density at radius 3 is 2.20 bits per heavy atom. The van der Waals surface area contributed by atoms with Crippen molar-refractivity contribution in [2.24, 2.45) is 0 Å². The van der Waals surface area contributed by atoms with Crippen LogP contribution in [0.5, 0.6) is 0 Å². The lowest BCUT2D eigenvalue weighted by atomic mass is 9.95. The lowest BCUT2D eigenvalue weighted by Gasteiger charge is -2.09. The van der Waals surface area contributed by atoms with Gasteiger partial charge in [0.25, 0.3) is 0 Å². The second kappa shape index (κ2) is 4.13. The molecule has 80 valence electrons. The van der Waals surface area contributed by atoms with Crippen molar-refractivity contribution < 1.29 is 19.8 Å². The Bertz CT molecular complexity index is 421. The van der Waals surface area contributed by atoms with Crippen molar-refractivity contribution in [3.8, 4) is 0 Å². The third-order valence-corrected chi connectivity index (χ3v) is 2.38. The van der Waals surface area contributed by atoms with Crippen molar-refractivity contribution >= 4 is 11.9 Å². The van der Waals surface area contributed by atoms with Crippen LogP contribution in [0.1, 0.15) is 38.8 Å². The lowest BCUT2D eigenvalue weighted by Crippen LogP contribution is -2.10. The molecular formula is C11H12O4. The molecule has 0 fully saturated rings. The van der Waals surface area contributed by atoms with E-state index in [9.17, 15) is 9.59 Å². The number of hydrogen-bond donors (Lipinski definition) is 2. The molecule has 0 amide bonds. The predicted molar refractivity (Wildman–Crippen MR) is 54.5 cm³/mol. The van der Waals surface area contributed by atoms with Crippen molar-refractivity contribution in [2.45, 2.75) is 20.3 Å². The number of aryl methyl sites for hydroxylation is 1. The Morgan fingerprint density at radius 1 is 1.20 bits per heavy atom. The highest BCUT2D eigenvalue weighted by Gasteiger charge is 2.17. The molecule has 0 aromatic heterocycles. The fourth-order valence-corrected chi connectivity index (χ4v) is 1.59. The Kier molecular flexibility index (Phi) is 3.09. The van der Waals surface area contributed by atoms with E-state index in [0.29, 0.717) is 17.5 Å². The van der Waals surface area contributed by atoms with E-state index < -0.39 is 11.9 Å². The Morgan fingerprint density at radius 2 is 1.80 bits per heavy atom. The number of hydrogen-bond acceptors (Lipinski definition) is 2. The molecule has 1 rings (SSSR count). The quantitative estimate of drug-likeness (QED) is 0.796. The maximum Gasteiger partial charge on any atom is 0.336 e. The summed E-state index contributed by atoms with van der Waals surface area (Å²) in [6.45, 7) is 3.35. The minimum absolute atomic E-state index is 0.0459. The highest BCUT2D eigenvalue weighted by Crippen LogP contribution is 2.19. The van der Waals surface area contributed by atoms with Crippen LogP contribution in [-0.4, -0.2) is 22.2 Å². The summed E-state index contributed by atoms with van der Waals surface area (Å²) >= 11 is 0. The van der Waals surface area contributed by atoms with Crippen LogP contribution in [0.3, 0.4) is 0 Å². The van der Waals surface area contributed by atoms with E-state index in [1.807, 2.05) is 6.92 Å². The van der Waals surface area contributed by atoms with Crippen LogP contribution >= 0.6 is 0 Å². The summed E-state index contributed by atoms with van der Waals surface area (Å²) in [7, 11) is 0. The molecule has 1 aromatic rings. The van der Waals surface area contributed by atoms with Gasteiger partial charge in [0.05, 0.1) is 11.1 Å². The highest BCUT2D eigenvalue weighted by atomic mass is 16.4. The number of carboxylic acid groups (broad SMARTS) is 2. The molecule has 2 N–H and O–H groups in total. The second-order valence-corrected chi connectivity index (χ2v) is 3.24. The van der Waals surface area contributed by atoms with Gasteiger partial charge in [0.2, 0.25) is 0 Å². The third-order valence-electron chi connectivity index (χ3n) is 2.38. The summed E-state index contributed by atoms with van der Waals surface area (Å²) in [5, 5.41) is 17.8. The molecule has 0 saturated heterocycles. The van der Waals surface area contributed by atoms with Crippen molar-refractivity contribution in [3.05, 3.63) is 34.4 Å². The van der Waals surface area contributed by atoms with Gasteiger partial charge in [0.15, 0.2) is 0 Å². The second-order valence-electron chi connectivity index (χ2n) is 3.24. The normalized spacial score (nSPS) is 10.0. The van der Waals surface area contributed by atoms with Crippen LogP contribution in [0.4, 0.5) is 0 Å². The first-order valence-electron chi connectivity index (χ1n) is 4.58. The monoisotopic (exact) mass is 208 g/mol. The van der Waals surface area contributed by atoms with Gasteiger partial charge >= 0.3 is 11.9 Å². The summed E-state index contributed by atoms with van der Waals surface area (Å²) in [5.41, 5.74) is 1.13. The van der Waals surface area contributed by atoms with Crippen molar-refractivity contribution in [3.63, 3.8) is 0 Å². The molecule has 0 spiro atoms. The molecule has 0 bridgehead atoms. The molecule has 4 nitrogen and oxygen atoms in total. The fourth-order valence-electron chi connectivity index (χ4n) is 1.59. The molecule has 0 heterocycles. The maximum absolute atomic E-state index is 11.0. The SMILES string of the molecule is CCc1ccc(C(=O)O)c(C)c1C(=O)O. The molecule has 0 saturated carbocycles. The van der Waals surface area contributed by atoms with Crippen LogP contribution in [0.15, 0.2) is 12.1 Å². The van der Waals surface area contributed by atoms with Crippen LogP contribution < -0.4 is 0 Å². The van der Waals surface area contributed by atoms with E-state index in [2.05, 4.69) is 0 Å². The van der Waals surface area contributed by atoms with Crippen molar-refractivity contribution in [2.75, 3.05) is 0 Å². The first-order chi connectivity index (χ1) is 6.99. The molecule has 0 aliphatic heterocycles. The number of carbonyl (C=O) groups is 2. The Balaban J connectivity index is 3.49.